The summed E-state index contributed by atoms with van der Waals surface area (Å²) >= 11 is 0. The van der Waals surface area contributed by atoms with E-state index in [-0.39, 0.29) is 5.57 Å². The highest BCUT2D eigenvalue weighted by Gasteiger charge is 2.12. The Bertz CT molecular complexity index is 867. The number of rotatable bonds is 6. The Morgan fingerprint density at radius 2 is 1.77 bits per heavy atom. The van der Waals surface area contributed by atoms with Gasteiger partial charge < -0.3 is 20.1 Å². The Morgan fingerprint density at radius 1 is 1.08 bits per heavy atom. The van der Waals surface area contributed by atoms with Crippen molar-refractivity contribution in [2.75, 3.05) is 24.9 Å². The molecule has 0 unspecified atom stereocenters. The Hall–Kier alpha value is -3.79. The normalized spacial score (nSPS) is 10.4. The molecule has 0 bridgehead atoms. The summed E-state index contributed by atoms with van der Waals surface area (Å²) in [5.74, 6) is -0.455. The lowest BCUT2D eigenvalue weighted by Crippen LogP contribution is -2.15. The van der Waals surface area contributed by atoms with Gasteiger partial charge in [-0.1, -0.05) is 12.1 Å². The van der Waals surface area contributed by atoms with Gasteiger partial charge in [-0.3, -0.25) is 4.79 Å². The van der Waals surface area contributed by atoms with Gasteiger partial charge in [-0.25, -0.2) is 4.79 Å². The molecule has 0 radical (unpaired) electrons. The molecule has 1 amide bonds. The third-order valence-corrected chi connectivity index (χ3v) is 3.42. The molecule has 26 heavy (non-hydrogen) atoms. The SMILES string of the molecule is COC(=O)c1ccccc1N/C=C(\C#N)C(=O)Nc1ccc(OC)cc1. The minimum Gasteiger partial charge on any atom is -0.497 e. The van der Waals surface area contributed by atoms with Crippen LogP contribution in [0.25, 0.3) is 0 Å². The van der Waals surface area contributed by atoms with E-state index in [0.29, 0.717) is 22.7 Å². The molecule has 0 saturated heterocycles. The summed E-state index contributed by atoms with van der Waals surface area (Å²) in [5, 5.41) is 14.6. The van der Waals surface area contributed by atoms with Gasteiger partial charge in [-0.05, 0) is 36.4 Å². The average molecular weight is 351 g/mol. The van der Waals surface area contributed by atoms with Crippen molar-refractivity contribution in [3.8, 4) is 11.8 Å². The second kappa shape index (κ2) is 8.89. The maximum Gasteiger partial charge on any atom is 0.339 e. The Balaban J connectivity index is 2.14. The van der Waals surface area contributed by atoms with Crippen LogP contribution in [0.3, 0.4) is 0 Å². The fourth-order valence-corrected chi connectivity index (χ4v) is 2.07. The number of hydrogen-bond acceptors (Lipinski definition) is 6. The zero-order valence-electron chi connectivity index (χ0n) is 14.3. The summed E-state index contributed by atoms with van der Waals surface area (Å²) < 4.78 is 9.75. The fourth-order valence-electron chi connectivity index (χ4n) is 2.07. The molecule has 0 fully saturated rings. The largest absolute Gasteiger partial charge is 0.497 e. The third kappa shape index (κ3) is 4.61. The van der Waals surface area contributed by atoms with Crippen molar-refractivity contribution in [3.63, 3.8) is 0 Å². The number of para-hydroxylation sites is 1. The van der Waals surface area contributed by atoms with Gasteiger partial charge in [-0.2, -0.15) is 5.26 Å². The van der Waals surface area contributed by atoms with Crippen LogP contribution < -0.4 is 15.4 Å². The number of carbonyl (C=O) groups is 2. The van der Waals surface area contributed by atoms with Crippen molar-refractivity contribution in [1.29, 1.82) is 5.26 Å². The summed E-state index contributed by atoms with van der Waals surface area (Å²) in [4.78, 5) is 24.0. The molecule has 2 rings (SSSR count). The second-order valence-electron chi connectivity index (χ2n) is 5.03. The molecule has 2 aromatic carbocycles. The Morgan fingerprint density at radius 3 is 2.38 bits per heavy atom. The molecule has 0 aliphatic carbocycles. The minimum absolute atomic E-state index is 0.152. The molecule has 132 valence electrons. The number of anilines is 2. The number of nitriles is 1. The molecule has 7 heteroatoms. The molecular weight excluding hydrogens is 334 g/mol. The van der Waals surface area contributed by atoms with Crippen molar-refractivity contribution in [2.24, 2.45) is 0 Å². The second-order valence-corrected chi connectivity index (χ2v) is 5.03. The van der Waals surface area contributed by atoms with Crippen LogP contribution in [0.1, 0.15) is 10.4 Å². The fraction of sp³-hybridized carbons (Fsp3) is 0.105. The Kier molecular flexibility index (Phi) is 6.34. The van der Waals surface area contributed by atoms with Crippen molar-refractivity contribution >= 4 is 23.3 Å². The van der Waals surface area contributed by atoms with Crippen LogP contribution in [-0.2, 0) is 9.53 Å². The van der Waals surface area contributed by atoms with Gasteiger partial charge >= 0.3 is 5.97 Å². The van der Waals surface area contributed by atoms with E-state index in [1.807, 2.05) is 6.07 Å². The maximum atomic E-state index is 12.2. The third-order valence-electron chi connectivity index (χ3n) is 3.42. The summed E-state index contributed by atoms with van der Waals surface area (Å²) in [6, 6.07) is 15.1. The van der Waals surface area contributed by atoms with Gasteiger partial charge in [0.15, 0.2) is 0 Å². The van der Waals surface area contributed by atoms with Gasteiger partial charge in [0.25, 0.3) is 5.91 Å². The van der Waals surface area contributed by atoms with Crippen LogP contribution in [-0.4, -0.2) is 26.1 Å². The number of amides is 1. The molecule has 0 heterocycles. The van der Waals surface area contributed by atoms with Gasteiger partial charge in [0, 0.05) is 11.9 Å². The highest BCUT2D eigenvalue weighted by Crippen LogP contribution is 2.18. The number of methoxy groups -OCH3 is 2. The summed E-state index contributed by atoms with van der Waals surface area (Å²) in [5.41, 5.74) is 1.08. The number of hydrogen-bond donors (Lipinski definition) is 2. The molecule has 0 spiro atoms. The van der Waals surface area contributed by atoms with E-state index in [2.05, 4.69) is 10.6 Å². The first-order valence-electron chi connectivity index (χ1n) is 7.58. The number of esters is 1. The number of carbonyl (C=O) groups excluding carboxylic acids is 2. The first kappa shape index (κ1) is 18.5. The summed E-state index contributed by atoms with van der Waals surface area (Å²) in [7, 11) is 2.82. The molecule has 0 saturated carbocycles. The van der Waals surface area contributed by atoms with E-state index in [1.54, 1.807) is 55.6 Å². The quantitative estimate of drug-likeness (QED) is 0.471. The van der Waals surface area contributed by atoms with Gasteiger partial charge in [0.05, 0.1) is 25.5 Å². The highest BCUT2D eigenvalue weighted by molar-refractivity contribution is 6.07. The lowest BCUT2D eigenvalue weighted by Gasteiger charge is -2.08. The zero-order valence-corrected chi connectivity index (χ0v) is 14.3. The lowest BCUT2D eigenvalue weighted by atomic mass is 10.2. The zero-order chi connectivity index (χ0) is 18.9. The van der Waals surface area contributed by atoms with E-state index >= 15 is 0 Å². The molecule has 0 aromatic heterocycles. The smallest absolute Gasteiger partial charge is 0.339 e. The maximum absolute atomic E-state index is 12.2. The molecular formula is C19H17N3O4. The van der Waals surface area contributed by atoms with Crippen LogP contribution in [0, 0.1) is 11.3 Å². The monoisotopic (exact) mass is 351 g/mol. The van der Waals surface area contributed by atoms with Crippen LogP contribution in [0.15, 0.2) is 60.3 Å². The average Bonchev–Trinajstić information content (AvgIpc) is 2.68. The van der Waals surface area contributed by atoms with E-state index < -0.39 is 11.9 Å². The number of ether oxygens (including phenoxy) is 2. The van der Waals surface area contributed by atoms with Crippen LogP contribution in [0.4, 0.5) is 11.4 Å². The summed E-state index contributed by atoms with van der Waals surface area (Å²) in [6.07, 6.45) is 1.24. The van der Waals surface area contributed by atoms with E-state index in [0.717, 1.165) is 0 Å². The minimum atomic E-state index is -0.583. The first-order valence-corrected chi connectivity index (χ1v) is 7.58. The number of nitrogens with zero attached hydrogens (tertiary/aromatic N) is 1. The predicted octanol–water partition coefficient (Wildman–Crippen LogP) is 2.94. The Labute approximate surface area is 150 Å². The topological polar surface area (TPSA) is 100 Å². The first-order chi connectivity index (χ1) is 12.6. The lowest BCUT2D eigenvalue weighted by molar-refractivity contribution is -0.112. The van der Waals surface area contributed by atoms with Crippen molar-refractivity contribution in [1.82, 2.24) is 0 Å². The van der Waals surface area contributed by atoms with Gasteiger partial charge in [0.2, 0.25) is 0 Å². The van der Waals surface area contributed by atoms with E-state index in [4.69, 9.17) is 9.47 Å². The molecule has 0 atom stereocenters. The molecule has 7 nitrogen and oxygen atoms in total. The van der Waals surface area contributed by atoms with E-state index in [1.165, 1.54) is 13.3 Å². The van der Waals surface area contributed by atoms with Crippen LogP contribution in [0.5, 0.6) is 5.75 Å². The standard InChI is InChI=1S/C19H17N3O4/c1-25-15-9-7-14(8-10-15)22-18(23)13(11-20)12-21-17-6-4-3-5-16(17)19(24)26-2/h3-10,12,21H,1-2H3,(H,22,23)/b13-12+. The summed E-state index contributed by atoms with van der Waals surface area (Å²) in [6.45, 7) is 0. The number of nitrogens with one attached hydrogen (secondary N) is 2. The molecule has 0 aliphatic heterocycles. The van der Waals surface area contributed by atoms with Crippen molar-refractivity contribution in [2.45, 2.75) is 0 Å². The van der Waals surface area contributed by atoms with Crippen molar-refractivity contribution in [3.05, 3.63) is 65.9 Å². The van der Waals surface area contributed by atoms with Gasteiger partial charge in [-0.15, -0.1) is 0 Å². The van der Waals surface area contributed by atoms with Crippen LogP contribution >= 0.6 is 0 Å². The molecule has 0 aliphatic rings. The highest BCUT2D eigenvalue weighted by atomic mass is 16.5. The number of benzene rings is 2. The van der Waals surface area contributed by atoms with Crippen LogP contribution in [0.2, 0.25) is 0 Å². The predicted molar refractivity (Wildman–Crippen MR) is 96.7 cm³/mol. The van der Waals surface area contributed by atoms with Gasteiger partial charge in [0.1, 0.15) is 17.4 Å². The van der Waals surface area contributed by atoms with E-state index in [9.17, 15) is 14.9 Å². The molecule has 2 N–H and O–H groups in total. The van der Waals surface area contributed by atoms with Crippen molar-refractivity contribution < 1.29 is 19.1 Å². The molecule has 2 aromatic rings.